The first-order valence-electron chi connectivity index (χ1n) is 4.26. The van der Waals surface area contributed by atoms with Crippen molar-refractivity contribution in [3.63, 3.8) is 0 Å². The van der Waals surface area contributed by atoms with Crippen molar-refractivity contribution in [1.82, 2.24) is 5.32 Å². The summed E-state index contributed by atoms with van der Waals surface area (Å²) in [6.07, 6.45) is 2.89. The van der Waals surface area contributed by atoms with Gasteiger partial charge in [0.1, 0.15) is 5.54 Å². The van der Waals surface area contributed by atoms with E-state index in [4.69, 9.17) is 10.2 Å². The molecular formula is C8H13NO3. The lowest BCUT2D eigenvalue weighted by molar-refractivity contribution is -0.143. The third-order valence-electron chi connectivity index (χ3n) is 3.28. The van der Waals surface area contributed by atoms with Crippen molar-refractivity contribution in [2.24, 2.45) is 0 Å². The highest BCUT2D eigenvalue weighted by Gasteiger charge is 2.57. The smallest absolute Gasteiger partial charge is 0.323 e. The highest BCUT2D eigenvalue weighted by atomic mass is 16.4. The Labute approximate surface area is 70.6 Å². The van der Waals surface area contributed by atoms with Gasteiger partial charge in [-0.1, -0.05) is 0 Å². The largest absolute Gasteiger partial charge is 0.480 e. The summed E-state index contributed by atoms with van der Waals surface area (Å²) in [6, 6.07) is 0. The van der Waals surface area contributed by atoms with Gasteiger partial charge in [0.05, 0.1) is 6.61 Å². The molecule has 0 amide bonds. The lowest BCUT2D eigenvalue weighted by atomic mass is 9.82. The minimum atomic E-state index is -0.768. The van der Waals surface area contributed by atoms with Crippen LogP contribution in [-0.4, -0.2) is 33.9 Å². The van der Waals surface area contributed by atoms with E-state index in [0.717, 1.165) is 12.8 Å². The fraction of sp³-hybridized carbons (Fsp3) is 0.875. The van der Waals surface area contributed by atoms with E-state index in [1.54, 1.807) is 0 Å². The highest BCUT2D eigenvalue weighted by Crippen LogP contribution is 2.44. The maximum atomic E-state index is 10.9. The van der Waals surface area contributed by atoms with Crippen LogP contribution in [0.25, 0.3) is 0 Å². The molecule has 2 fully saturated rings. The molecule has 2 heterocycles. The van der Waals surface area contributed by atoms with Crippen LogP contribution in [0.1, 0.15) is 25.7 Å². The molecule has 12 heavy (non-hydrogen) atoms. The van der Waals surface area contributed by atoms with E-state index in [1.165, 1.54) is 0 Å². The Morgan fingerprint density at radius 2 is 1.92 bits per heavy atom. The number of aliphatic carboxylic acids is 1. The molecule has 0 atom stereocenters. The van der Waals surface area contributed by atoms with E-state index in [9.17, 15) is 4.79 Å². The maximum absolute atomic E-state index is 10.9. The number of aliphatic hydroxyl groups is 1. The Morgan fingerprint density at radius 1 is 1.33 bits per heavy atom. The molecule has 4 nitrogen and oxygen atoms in total. The molecule has 2 aliphatic rings. The Morgan fingerprint density at radius 3 is 2.17 bits per heavy atom. The maximum Gasteiger partial charge on any atom is 0.323 e. The normalized spacial score (nSPS) is 45.1. The number of fused-ring (bicyclic) bond motifs is 2. The first-order chi connectivity index (χ1) is 5.63. The first kappa shape index (κ1) is 8.01. The van der Waals surface area contributed by atoms with Crippen LogP contribution in [0.3, 0.4) is 0 Å². The average Bonchev–Trinajstić information content (AvgIpc) is 2.61. The van der Waals surface area contributed by atoms with Gasteiger partial charge >= 0.3 is 5.97 Å². The van der Waals surface area contributed by atoms with Crippen molar-refractivity contribution >= 4 is 5.97 Å². The molecule has 0 saturated carbocycles. The molecule has 2 aliphatic heterocycles. The number of aliphatic hydroxyl groups excluding tert-OH is 1. The van der Waals surface area contributed by atoms with Crippen LogP contribution < -0.4 is 5.32 Å². The summed E-state index contributed by atoms with van der Waals surface area (Å²) < 4.78 is 0. The number of hydrogen-bond acceptors (Lipinski definition) is 3. The predicted molar refractivity (Wildman–Crippen MR) is 41.8 cm³/mol. The van der Waals surface area contributed by atoms with Crippen LogP contribution in [0.5, 0.6) is 0 Å². The average molecular weight is 171 g/mol. The van der Waals surface area contributed by atoms with Gasteiger partial charge in [-0.15, -0.1) is 0 Å². The van der Waals surface area contributed by atoms with Gasteiger partial charge in [0.25, 0.3) is 0 Å². The number of carbonyl (C=O) groups is 1. The molecule has 0 aromatic carbocycles. The van der Waals surface area contributed by atoms with Gasteiger partial charge in [-0.3, -0.25) is 10.1 Å². The van der Waals surface area contributed by atoms with Crippen molar-refractivity contribution in [3.8, 4) is 0 Å². The molecule has 4 heteroatoms. The standard InChI is InChI=1S/C8H13NO3/c10-5-7-1-3-8(9-7,4-2-7)6(11)12/h9-10H,1-5H2,(H,11,12). The molecule has 3 N–H and O–H groups in total. The zero-order valence-corrected chi connectivity index (χ0v) is 6.84. The third kappa shape index (κ3) is 0.820. The SMILES string of the molecule is O=C(O)C12CCC(CO)(CC1)N2. The number of carboxylic acid groups (broad SMARTS) is 1. The van der Waals surface area contributed by atoms with Gasteiger partial charge in [0.2, 0.25) is 0 Å². The molecule has 2 bridgehead atoms. The Hall–Kier alpha value is -0.610. The predicted octanol–water partition coefficient (Wildman–Crippen LogP) is -0.282. The monoisotopic (exact) mass is 171 g/mol. The molecule has 68 valence electrons. The van der Waals surface area contributed by atoms with Crippen LogP contribution in [-0.2, 0) is 4.79 Å². The number of nitrogens with one attached hydrogen (secondary N) is 1. The van der Waals surface area contributed by atoms with Gasteiger partial charge in [-0.25, -0.2) is 0 Å². The van der Waals surface area contributed by atoms with Crippen molar-refractivity contribution in [2.45, 2.75) is 36.8 Å². The van der Waals surface area contributed by atoms with Crippen molar-refractivity contribution in [1.29, 1.82) is 0 Å². The van der Waals surface area contributed by atoms with Crippen molar-refractivity contribution in [2.75, 3.05) is 6.61 Å². The van der Waals surface area contributed by atoms with Gasteiger partial charge < -0.3 is 10.2 Å². The molecule has 0 radical (unpaired) electrons. The van der Waals surface area contributed by atoms with Crippen LogP contribution in [0.15, 0.2) is 0 Å². The van der Waals surface area contributed by atoms with E-state index in [2.05, 4.69) is 5.32 Å². The second-order valence-electron chi connectivity index (χ2n) is 3.95. The van der Waals surface area contributed by atoms with Gasteiger partial charge in [-0.05, 0) is 25.7 Å². The summed E-state index contributed by atoms with van der Waals surface area (Å²) in [6.45, 7) is 0.0576. The van der Waals surface area contributed by atoms with E-state index >= 15 is 0 Å². The molecule has 2 rings (SSSR count). The fourth-order valence-corrected chi connectivity index (χ4v) is 2.38. The topological polar surface area (TPSA) is 69.6 Å². The minimum absolute atomic E-state index is 0.0576. The fourth-order valence-electron chi connectivity index (χ4n) is 2.38. The second-order valence-corrected chi connectivity index (χ2v) is 3.95. The molecule has 0 spiro atoms. The summed E-state index contributed by atoms with van der Waals surface area (Å²) in [5, 5.41) is 21.1. The van der Waals surface area contributed by atoms with Crippen LogP contribution in [0, 0.1) is 0 Å². The highest BCUT2D eigenvalue weighted by molar-refractivity contribution is 5.80. The molecule has 0 aromatic rings. The second kappa shape index (κ2) is 2.20. The minimum Gasteiger partial charge on any atom is -0.480 e. The van der Waals surface area contributed by atoms with Gasteiger partial charge in [0, 0.05) is 5.54 Å². The Kier molecular flexibility index (Phi) is 1.47. The van der Waals surface area contributed by atoms with Crippen LogP contribution in [0.2, 0.25) is 0 Å². The number of rotatable bonds is 2. The number of hydrogen-bond donors (Lipinski definition) is 3. The zero-order valence-electron chi connectivity index (χ0n) is 6.84. The van der Waals surface area contributed by atoms with Gasteiger partial charge in [0.15, 0.2) is 0 Å². The number of carboxylic acids is 1. The molecule has 0 aromatic heterocycles. The zero-order chi connectivity index (χ0) is 8.82. The van der Waals surface area contributed by atoms with Crippen LogP contribution >= 0.6 is 0 Å². The molecule has 2 saturated heterocycles. The summed E-state index contributed by atoms with van der Waals surface area (Å²) in [4.78, 5) is 10.9. The molecule has 0 aliphatic carbocycles. The lowest BCUT2D eigenvalue weighted by Crippen LogP contribution is -2.48. The molecule has 0 unspecified atom stereocenters. The van der Waals surface area contributed by atoms with E-state index in [0.29, 0.717) is 12.8 Å². The quantitative estimate of drug-likeness (QED) is 0.534. The van der Waals surface area contributed by atoms with E-state index in [1.807, 2.05) is 0 Å². The van der Waals surface area contributed by atoms with Crippen LogP contribution in [0.4, 0.5) is 0 Å². The first-order valence-corrected chi connectivity index (χ1v) is 4.26. The Bertz CT molecular complexity index is 218. The third-order valence-corrected chi connectivity index (χ3v) is 3.28. The molecular weight excluding hydrogens is 158 g/mol. The van der Waals surface area contributed by atoms with E-state index in [-0.39, 0.29) is 12.1 Å². The Balaban J connectivity index is 2.23. The summed E-state index contributed by atoms with van der Waals surface area (Å²) >= 11 is 0. The lowest BCUT2D eigenvalue weighted by Gasteiger charge is -2.21. The van der Waals surface area contributed by atoms with Crippen molar-refractivity contribution < 1.29 is 15.0 Å². The summed E-state index contributed by atoms with van der Waals surface area (Å²) in [7, 11) is 0. The summed E-state index contributed by atoms with van der Waals surface area (Å²) in [5.74, 6) is -0.768. The van der Waals surface area contributed by atoms with Crippen molar-refractivity contribution in [3.05, 3.63) is 0 Å². The summed E-state index contributed by atoms with van der Waals surface area (Å²) in [5.41, 5.74) is -0.999. The van der Waals surface area contributed by atoms with Gasteiger partial charge in [-0.2, -0.15) is 0 Å². The van der Waals surface area contributed by atoms with E-state index < -0.39 is 11.5 Å².